The number of hydrogen-bond acceptors (Lipinski definition) is 3. The van der Waals surface area contributed by atoms with Crippen LogP contribution in [0.1, 0.15) is 30.9 Å². The molecule has 0 aliphatic carbocycles. The lowest BCUT2D eigenvalue weighted by Gasteiger charge is -2.25. The molecule has 1 heterocycles. The van der Waals surface area contributed by atoms with Gasteiger partial charge in [-0.05, 0) is 24.9 Å². The highest BCUT2D eigenvalue weighted by molar-refractivity contribution is 5.85. The van der Waals surface area contributed by atoms with Crippen LogP contribution in [0.3, 0.4) is 0 Å². The molecule has 1 unspecified atom stereocenters. The number of benzene rings is 1. The van der Waals surface area contributed by atoms with Crippen LogP contribution in [0.4, 0.5) is 0 Å². The second-order valence-corrected chi connectivity index (χ2v) is 5.11. The summed E-state index contributed by atoms with van der Waals surface area (Å²) in [5.74, 6) is -1.04. The Kier molecular flexibility index (Phi) is 7.19. The molecule has 1 saturated heterocycles. The average Bonchev–Trinajstić information content (AvgIpc) is 2.48. The number of carboxylic acids is 1. The number of nitrogens with one attached hydrogen (secondary N) is 2. The Morgan fingerprint density at radius 2 is 2.05 bits per heavy atom. The Morgan fingerprint density at radius 1 is 1.33 bits per heavy atom. The molecular formula is C15H21ClN2O3. The second kappa shape index (κ2) is 8.64. The first-order valence-corrected chi connectivity index (χ1v) is 6.94. The molecule has 2 atom stereocenters. The van der Waals surface area contributed by atoms with Crippen LogP contribution in [0, 0.1) is 5.92 Å². The number of halogens is 1. The molecule has 116 valence electrons. The number of carboxylic acid groups (broad SMARTS) is 1. The largest absolute Gasteiger partial charge is 0.481 e. The molecule has 0 bridgehead atoms. The van der Waals surface area contributed by atoms with E-state index in [4.69, 9.17) is 5.11 Å². The molecule has 21 heavy (non-hydrogen) atoms. The summed E-state index contributed by atoms with van der Waals surface area (Å²) in [6.07, 6.45) is 1.73. The van der Waals surface area contributed by atoms with E-state index in [1.165, 1.54) is 0 Å². The molecule has 1 fully saturated rings. The van der Waals surface area contributed by atoms with Gasteiger partial charge in [0.1, 0.15) is 0 Å². The Hall–Kier alpha value is -1.59. The summed E-state index contributed by atoms with van der Waals surface area (Å²) in [5, 5.41) is 15.1. The van der Waals surface area contributed by atoms with E-state index in [2.05, 4.69) is 10.6 Å². The third kappa shape index (κ3) is 5.36. The van der Waals surface area contributed by atoms with Gasteiger partial charge in [0.05, 0.1) is 18.4 Å². The molecule has 1 aliphatic heterocycles. The van der Waals surface area contributed by atoms with Crippen LogP contribution in [0.25, 0.3) is 0 Å². The summed E-state index contributed by atoms with van der Waals surface area (Å²) in [7, 11) is 0. The minimum atomic E-state index is -0.916. The summed E-state index contributed by atoms with van der Waals surface area (Å²) in [4.78, 5) is 23.2. The highest BCUT2D eigenvalue weighted by Gasteiger charge is 2.24. The molecule has 5 nitrogen and oxygen atoms in total. The van der Waals surface area contributed by atoms with Crippen LogP contribution in [0.15, 0.2) is 30.3 Å². The summed E-state index contributed by atoms with van der Waals surface area (Å²) in [6, 6.07) is 8.77. The van der Waals surface area contributed by atoms with Crippen molar-refractivity contribution in [3.63, 3.8) is 0 Å². The van der Waals surface area contributed by atoms with E-state index in [9.17, 15) is 9.59 Å². The van der Waals surface area contributed by atoms with Crippen molar-refractivity contribution in [1.82, 2.24) is 10.6 Å². The van der Waals surface area contributed by atoms with Crippen molar-refractivity contribution in [1.29, 1.82) is 0 Å². The van der Waals surface area contributed by atoms with Crippen LogP contribution in [0.2, 0.25) is 0 Å². The molecule has 1 aromatic rings. The predicted molar refractivity (Wildman–Crippen MR) is 82.4 cm³/mol. The zero-order valence-corrected chi connectivity index (χ0v) is 12.6. The highest BCUT2D eigenvalue weighted by Crippen LogP contribution is 2.18. The van der Waals surface area contributed by atoms with Gasteiger partial charge in [0, 0.05) is 6.54 Å². The maximum absolute atomic E-state index is 12.2. The SMILES string of the molecule is Cl.O=C(O)C[C@H](NC(=O)C1CCCNC1)c1ccccc1. The van der Waals surface area contributed by atoms with Gasteiger partial charge in [0.25, 0.3) is 0 Å². The van der Waals surface area contributed by atoms with Crippen molar-refractivity contribution in [3.05, 3.63) is 35.9 Å². The number of hydrogen-bond donors (Lipinski definition) is 3. The van der Waals surface area contributed by atoms with E-state index in [1.54, 1.807) is 0 Å². The number of rotatable bonds is 5. The molecular weight excluding hydrogens is 292 g/mol. The molecule has 1 aromatic carbocycles. The Bertz CT molecular complexity index is 461. The first-order chi connectivity index (χ1) is 9.66. The number of piperidine rings is 1. The fourth-order valence-corrected chi connectivity index (χ4v) is 2.48. The Balaban J connectivity index is 0.00000220. The number of carbonyl (C=O) groups excluding carboxylic acids is 1. The van der Waals surface area contributed by atoms with Gasteiger partial charge >= 0.3 is 5.97 Å². The van der Waals surface area contributed by atoms with Crippen LogP contribution in [-0.2, 0) is 9.59 Å². The lowest BCUT2D eigenvalue weighted by atomic mass is 9.97. The molecule has 0 saturated carbocycles. The quantitative estimate of drug-likeness (QED) is 0.774. The molecule has 0 spiro atoms. The van der Waals surface area contributed by atoms with Gasteiger partial charge in [-0.25, -0.2) is 0 Å². The molecule has 1 amide bonds. The van der Waals surface area contributed by atoms with E-state index < -0.39 is 12.0 Å². The Labute approximate surface area is 130 Å². The second-order valence-electron chi connectivity index (χ2n) is 5.11. The van der Waals surface area contributed by atoms with Gasteiger partial charge in [-0.1, -0.05) is 30.3 Å². The van der Waals surface area contributed by atoms with E-state index in [0.29, 0.717) is 6.54 Å². The minimum absolute atomic E-state index is 0. The highest BCUT2D eigenvalue weighted by atomic mass is 35.5. The lowest BCUT2D eigenvalue weighted by Crippen LogP contribution is -2.42. The zero-order chi connectivity index (χ0) is 14.4. The monoisotopic (exact) mass is 312 g/mol. The summed E-state index contributed by atoms with van der Waals surface area (Å²) in [6.45, 7) is 1.61. The number of aliphatic carboxylic acids is 1. The van der Waals surface area contributed by atoms with Crippen molar-refractivity contribution in [3.8, 4) is 0 Å². The number of carbonyl (C=O) groups is 2. The van der Waals surface area contributed by atoms with Crippen LogP contribution >= 0.6 is 12.4 Å². The van der Waals surface area contributed by atoms with Crippen molar-refractivity contribution in [2.75, 3.05) is 13.1 Å². The topological polar surface area (TPSA) is 78.4 Å². The van der Waals surface area contributed by atoms with E-state index >= 15 is 0 Å². The van der Waals surface area contributed by atoms with Gasteiger partial charge in [-0.3, -0.25) is 9.59 Å². The third-order valence-electron chi connectivity index (χ3n) is 3.56. The predicted octanol–water partition coefficient (Wildman–Crippen LogP) is 1.74. The Morgan fingerprint density at radius 3 is 2.62 bits per heavy atom. The van der Waals surface area contributed by atoms with Gasteiger partial charge in [0.2, 0.25) is 5.91 Å². The van der Waals surface area contributed by atoms with Gasteiger partial charge in [-0.2, -0.15) is 0 Å². The molecule has 3 N–H and O–H groups in total. The minimum Gasteiger partial charge on any atom is -0.481 e. The fourth-order valence-electron chi connectivity index (χ4n) is 2.48. The molecule has 1 aliphatic rings. The van der Waals surface area contributed by atoms with Gasteiger partial charge in [-0.15, -0.1) is 12.4 Å². The average molecular weight is 313 g/mol. The molecule has 0 radical (unpaired) electrons. The summed E-state index contributed by atoms with van der Waals surface area (Å²) >= 11 is 0. The fraction of sp³-hybridized carbons (Fsp3) is 0.467. The standard InChI is InChI=1S/C15H20N2O3.ClH/c18-14(19)9-13(11-5-2-1-3-6-11)17-15(20)12-7-4-8-16-10-12;/h1-3,5-6,12-13,16H,4,7-10H2,(H,17,20)(H,18,19);1H/t12?,13-;/m0./s1. The van der Waals surface area contributed by atoms with Crippen molar-refractivity contribution in [2.45, 2.75) is 25.3 Å². The molecule has 0 aromatic heterocycles. The first-order valence-electron chi connectivity index (χ1n) is 6.94. The van der Waals surface area contributed by atoms with Crippen LogP contribution in [-0.4, -0.2) is 30.1 Å². The van der Waals surface area contributed by atoms with Crippen LogP contribution in [0.5, 0.6) is 0 Å². The van der Waals surface area contributed by atoms with Crippen molar-refractivity contribution >= 4 is 24.3 Å². The maximum Gasteiger partial charge on any atom is 0.305 e. The molecule has 2 rings (SSSR count). The number of amides is 1. The first kappa shape index (κ1) is 17.5. The van der Waals surface area contributed by atoms with E-state index in [0.717, 1.165) is 24.9 Å². The normalized spacial score (nSPS) is 19.1. The van der Waals surface area contributed by atoms with Crippen molar-refractivity contribution in [2.24, 2.45) is 5.92 Å². The van der Waals surface area contributed by atoms with Crippen LogP contribution < -0.4 is 10.6 Å². The van der Waals surface area contributed by atoms with Gasteiger partial charge < -0.3 is 15.7 Å². The van der Waals surface area contributed by atoms with Crippen molar-refractivity contribution < 1.29 is 14.7 Å². The third-order valence-corrected chi connectivity index (χ3v) is 3.56. The summed E-state index contributed by atoms with van der Waals surface area (Å²) in [5.41, 5.74) is 0.826. The van der Waals surface area contributed by atoms with E-state index in [1.807, 2.05) is 30.3 Å². The smallest absolute Gasteiger partial charge is 0.305 e. The summed E-state index contributed by atoms with van der Waals surface area (Å²) < 4.78 is 0. The lowest BCUT2D eigenvalue weighted by molar-refractivity contribution is -0.138. The maximum atomic E-state index is 12.2. The molecule has 6 heteroatoms. The van der Waals surface area contributed by atoms with E-state index in [-0.39, 0.29) is 30.7 Å². The van der Waals surface area contributed by atoms with Gasteiger partial charge in [0.15, 0.2) is 0 Å². The zero-order valence-electron chi connectivity index (χ0n) is 11.7.